The summed E-state index contributed by atoms with van der Waals surface area (Å²) in [5.41, 5.74) is 0. The first-order chi connectivity index (χ1) is 6.25. The van der Waals surface area contributed by atoms with Gasteiger partial charge < -0.3 is 0 Å². The van der Waals surface area contributed by atoms with Gasteiger partial charge in [0.2, 0.25) is 0 Å². The van der Waals surface area contributed by atoms with Crippen molar-refractivity contribution in [3.63, 3.8) is 0 Å². The van der Waals surface area contributed by atoms with Crippen LogP contribution in [0.5, 0.6) is 0 Å². The Balaban J connectivity index is 2.01. The Morgan fingerprint density at radius 2 is 2.38 bits per heavy atom. The summed E-state index contributed by atoms with van der Waals surface area (Å²) in [5.74, 6) is 2.31. The third-order valence-corrected chi connectivity index (χ3v) is 4.48. The first-order valence-electron chi connectivity index (χ1n) is 4.10. The van der Waals surface area contributed by atoms with Gasteiger partial charge in [-0.05, 0) is 18.6 Å². The van der Waals surface area contributed by atoms with E-state index >= 15 is 0 Å². The van der Waals surface area contributed by atoms with Gasteiger partial charge in [-0.15, -0.1) is 11.3 Å². The van der Waals surface area contributed by atoms with E-state index in [9.17, 15) is 4.79 Å². The highest BCUT2D eigenvalue weighted by molar-refractivity contribution is 8.00. The van der Waals surface area contributed by atoms with Gasteiger partial charge >= 0.3 is 0 Å². The lowest BCUT2D eigenvalue weighted by atomic mass is 10.0. The molecule has 0 radical (unpaired) electrons. The van der Waals surface area contributed by atoms with Crippen LogP contribution in [0.25, 0.3) is 0 Å². The number of ketones is 1. The fourth-order valence-corrected chi connectivity index (χ4v) is 3.70. The molecule has 0 aliphatic carbocycles. The second kappa shape index (κ2) is 4.03. The van der Waals surface area contributed by atoms with E-state index in [2.05, 4.69) is 0 Å². The van der Waals surface area contributed by atoms with Gasteiger partial charge in [0.25, 0.3) is 0 Å². The lowest BCUT2D eigenvalue weighted by molar-refractivity contribution is -0.119. The fourth-order valence-electron chi connectivity index (χ4n) is 1.39. The van der Waals surface area contributed by atoms with Gasteiger partial charge in [-0.25, -0.2) is 0 Å². The molecule has 2 rings (SSSR count). The highest BCUT2D eigenvalue weighted by atomic mass is 35.5. The average molecular weight is 233 g/mol. The number of hydrogen-bond acceptors (Lipinski definition) is 3. The second-order valence-corrected chi connectivity index (χ2v) is 5.92. The number of rotatable bonds is 2. The molecule has 1 aromatic rings. The third-order valence-electron chi connectivity index (χ3n) is 2.10. The van der Waals surface area contributed by atoms with E-state index in [0.717, 1.165) is 16.5 Å². The number of carbonyl (C=O) groups excluding carboxylic acids is 1. The molecule has 0 N–H and O–H groups in total. The largest absolute Gasteiger partial charge is 0.298 e. The number of thiophene rings is 1. The molecule has 1 aliphatic rings. The van der Waals surface area contributed by atoms with Gasteiger partial charge in [-0.1, -0.05) is 11.6 Å². The predicted molar refractivity (Wildman–Crippen MR) is 58.9 cm³/mol. The molecule has 1 aliphatic heterocycles. The predicted octanol–water partition coefficient (Wildman–Crippen LogP) is 2.88. The van der Waals surface area contributed by atoms with Crippen LogP contribution in [0.2, 0.25) is 4.34 Å². The monoisotopic (exact) mass is 232 g/mol. The summed E-state index contributed by atoms with van der Waals surface area (Å²) in [6.07, 6.45) is 0.878. The van der Waals surface area contributed by atoms with Crippen molar-refractivity contribution in [2.24, 2.45) is 5.92 Å². The molecule has 0 spiro atoms. The highest BCUT2D eigenvalue weighted by Crippen LogP contribution is 2.28. The normalized spacial score (nSPS) is 22.5. The zero-order valence-corrected chi connectivity index (χ0v) is 9.35. The quantitative estimate of drug-likeness (QED) is 0.780. The molecular weight excluding hydrogens is 224 g/mol. The molecule has 2 heterocycles. The number of thioether (sulfide) groups is 1. The molecule has 1 fully saturated rings. The van der Waals surface area contributed by atoms with Crippen LogP contribution in [0, 0.1) is 5.92 Å². The Bertz CT molecular complexity index is 321. The van der Waals surface area contributed by atoms with Crippen molar-refractivity contribution in [2.75, 3.05) is 11.5 Å². The Labute approximate surface area is 90.5 Å². The first kappa shape index (κ1) is 9.56. The summed E-state index contributed by atoms with van der Waals surface area (Å²) in [6, 6.07) is 3.91. The summed E-state index contributed by atoms with van der Waals surface area (Å²) in [6.45, 7) is 0. The maximum absolute atomic E-state index is 11.3. The van der Waals surface area contributed by atoms with E-state index in [1.54, 1.807) is 23.1 Å². The summed E-state index contributed by atoms with van der Waals surface area (Å²) < 4.78 is 0.813. The smallest absolute Gasteiger partial charge is 0.146 e. The summed E-state index contributed by atoms with van der Waals surface area (Å²) >= 11 is 9.13. The molecule has 0 bridgehead atoms. The van der Waals surface area contributed by atoms with Gasteiger partial charge in [0, 0.05) is 16.5 Å². The summed E-state index contributed by atoms with van der Waals surface area (Å²) in [5, 5.41) is 0. The number of hydrogen-bond donors (Lipinski definition) is 0. The molecular formula is C9H9ClOS2. The topological polar surface area (TPSA) is 17.1 Å². The van der Waals surface area contributed by atoms with Crippen LogP contribution in [0.1, 0.15) is 4.88 Å². The van der Waals surface area contributed by atoms with Crippen molar-refractivity contribution < 1.29 is 4.79 Å². The molecule has 1 aromatic heterocycles. The average Bonchev–Trinajstić information content (AvgIpc) is 2.64. The highest BCUT2D eigenvalue weighted by Gasteiger charge is 2.25. The zero-order chi connectivity index (χ0) is 9.26. The number of halogens is 1. The minimum Gasteiger partial charge on any atom is -0.298 e. The van der Waals surface area contributed by atoms with Crippen LogP contribution < -0.4 is 0 Å². The molecule has 70 valence electrons. The van der Waals surface area contributed by atoms with E-state index in [0.29, 0.717) is 11.5 Å². The van der Waals surface area contributed by atoms with Gasteiger partial charge in [-0.2, -0.15) is 11.8 Å². The second-order valence-electron chi connectivity index (χ2n) is 3.09. The van der Waals surface area contributed by atoms with Crippen LogP contribution >= 0.6 is 34.7 Å². The standard InChI is InChI=1S/C9H9ClOS2/c10-9-2-1-7(13-9)3-6-4-12-5-8(6)11/h1-2,6H,3-5H2. The molecule has 1 nitrogen and oxygen atoms in total. The van der Waals surface area contributed by atoms with Crippen molar-refractivity contribution in [1.82, 2.24) is 0 Å². The lowest BCUT2D eigenvalue weighted by Crippen LogP contribution is -2.13. The van der Waals surface area contributed by atoms with Crippen LogP contribution in [-0.4, -0.2) is 17.3 Å². The van der Waals surface area contributed by atoms with Crippen LogP contribution in [0.4, 0.5) is 0 Å². The van der Waals surface area contributed by atoms with Crippen molar-refractivity contribution in [3.8, 4) is 0 Å². The van der Waals surface area contributed by atoms with Gasteiger partial charge in [0.05, 0.1) is 10.1 Å². The minimum absolute atomic E-state index is 0.236. The summed E-state index contributed by atoms with van der Waals surface area (Å²) in [7, 11) is 0. The molecule has 13 heavy (non-hydrogen) atoms. The van der Waals surface area contributed by atoms with Crippen LogP contribution in [0.3, 0.4) is 0 Å². The van der Waals surface area contributed by atoms with Crippen molar-refractivity contribution in [3.05, 3.63) is 21.3 Å². The van der Waals surface area contributed by atoms with Crippen molar-refractivity contribution in [1.29, 1.82) is 0 Å². The minimum atomic E-state index is 0.236. The Kier molecular flexibility index (Phi) is 2.96. The SMILES string of the molecule is O=C1CSCC1Cc1ccc(Cl)s1. The maximum Gasteiger partial charge on any atom is 0.146 e. The van der Waals surface area contributed by atoms with E-state index in [1.807, 2.05) is 12.1 Å². The number of Topliss-reactive ketones (excluding diaryl/α,β-unsaturated/α-hetero) is 1. The molecule has 0 amide bonds. The van der Waals surface area contributed by atoms with Gasteiger partial charge in [-0.3, -0.25) is 4.79 Å². The first-order valence-corrected chi connectivity index (χ1v) is 6.45. The molecule has 1 saturated heterocycles. The Morgan fingerprint density at radius 3 is 2.92 bits per heavy atom. The van der Waals surface area contributed by atoms with E-state index in [-0.39, 0.29) is 5.92 Å². The maximum atomic E-state index is 11.3. The van der Waals surface area contributed by atoms with Crippen LogP contribution in [0.15, 0.2) is 12.1 Å². The van der Waals surface area contributed by atoms with Crippen molar-refractivity contribution in [2.45, 2.75) is 6.42 Å². The van der Waals surface area contributed by atoms with Crippen LogP contribution in [-0.2, 0) is 11.2 Å². The molecule has 4 heteroatoms. The fraction of sp³-hybridized carbons (Fsp3) is 0.444. The van der Waals surface area contributed by atoms with E-state index in [4.69, 9.17) is 11.6 Å². The summed E-state index contributed by atoms with van der Waals surface area (Å²) in [4.78, 5) is 12.6. The molecule has 0 saturated carbocycles. The van der Waals surface area contributed by atoms with Gasteiger partial charge in [0.15, 0.2) is 0 Å². The molecule has 1 atom stereocenters. The molecule has 1 unspecified atom stereocenters. The zero-order valence-electron chi connectivity index (χ0n) is 6.96. The Hall–Kier alpha value is 0.01000. The van der Waals surface area contributed by atoms with Crippen molar-refractivity contribution >= 4 is 40.5 Å². The molecule has 0 aromatic carbocycles. The number of carbonyl (C=O) groups is 1. The third kappa shape index (κ3) is 2.27. The van der Waals surface area contributed by atoms with Gasteiger partial charge in [0.1, 0.15) is 5.78 Å². The Morgan fingerprint density at radius 1 is 1.54 bits per heavy atom. The van der Waals surface area contributed by atoms with E-state index in [1.165, 1.54) is 4.88 Å². The van der Waals surface area contributed by atoms with E-state index < -0.39 is 0 Å². The lowest BCUT2D eigenvalue weighted by Gasteiger charge is -2.03.